The number of aliphatic imine (C=N–C) groups is 1. The molecule has 1 aliphatic heterocycles. The molecule has 0 atom stereocenters. The molecule has 3 N–H and O–H groups in total. The summed E-state index contributed by atoms with van der Waals surface area (Å²) in [6.07, 6.45) is -1.89. The van der Waals surface area contributed by atoms with Crippen molar-refractivity contribution in [3.63, 3.8) is 0 Å². The summed E-state index contributed by atoms with van der Waals surface area (Å²) in [6.45, 7) is 5.34. The Labute approximate surface area is 182 Å². The Morgan fingerprint density at radius 2 is 1.86 bits per heavy atom. The van der Waals surface area contributed by atoms with Crippen LogP contribution in [0.4, 0.5) is 18.9 Å². The van der Waals surface area contributed by atoms with E-state index >= 15 is 0 Å². The van der Waals surface area contributed by atoms with E-state index < -0.39 is 12.1 Å². The van der Waals surface area contributed by atoms with Gasteiger partial charge >= 0.3 is 6.18 Å². The lowest BCUT2D eigenvalue weighted by atomic mass is 9.83. The minimum atomic E-state index is -4.05. The van der Waals surface area contributed by atoms with Crippen LogP contribution >= 0.6 is 24.0 Å². The Hall–Kier alpha value is -1.03. The maximum atomic E-state index is 12.8. The Balaban J connectivity index is 0.00000280. The van der Waals surface area contributed by atoms with Gasteiger partial charge in [-0.1, -0.05) is 26.0 Å². The first-order valence-corrected chi connectivity index (χ1v) is 9.73. The van der Waals surface area contributed by atoms with E-state index in [9.17, 15) is 13.2 Å². The van der Waals surface area contributed by atoms with Crippen LogP contribution in [0.1, 0.15) is 51.0 Å². The molecule has 0 bridgehead atoms. The van der Waals surface area contributed by atoms with Crippen LogP contribution < -0.4 is 11.1 Å². The number of benzene rings is 1. The number of hydrogen-bond donors (Lipinski definition) is 2. The zero-order valence-corrected chi connectivity index (χ0v) is 18.7. The molecule has 8 heteroatoms. The van der Waals surface area contributed by atoms with Crippen molar-refractivity contribution in [3.05, 3.63) is 29.8 Å². The number of halogens is 4. The number of piperidine rings is 1. The molecular formula is C20H30F3IN4. The van der Waals surface area contributed by atoms with Gasteiger partial charge in [0.2, 0.25) is 0 Å². The fourth-order valence-corrected chi connectivity index (χ4v) is 3.91. The molecule has 3 rings (SSSR count). The zero-order valence-electron chi connectivity index (χ0n) is 16.4. The highest BCUT2D eigenvalue weighted by Crippen LogP contribution is 2.37. The number of guanidine groups is 1. The monoisotopic (exact) mass is 510 g/mol. The van der Waals surface area contributed by atoms with Gasteiger partial charge in [0.25, 0.3) is 0 Å². The number of likely N-dealkylation sites (tertiary alicyclic amines) is 1. The van der Waals surface area contributed by atoms with Crippen LogP contribution in [0.3, 0.4) is 0 Å². The second kappa shape index (κ2) is 9.65. The highest BCUT2D eigenvalue weighted by molar-refractivity contribution is 14.0. The van der Waals surface area contributed by atoms with Gasteiger partial charge in [-0.2, -0.15) is 13.2 Å². The van der Waals surface area contributed by atoms with Crippen LogP contribution in [0.25, 0.3) is 0 Å². The van der Waals surface area contributed by atoms with Crippen LogP contribution in [0, 0.1) is 5.92 Å². The lowest BCUT2D eigenvalue weighted by Gasteiger charge is -2.44. The van der Waals surface area contributed by atoms with Crippen LogP contribution in [-0.2, 0) is 0 Å². The lowest BCUT2D eigenvalue weighted by Crippen LogP contribution is -2.51. The van der Waals surface area contributed by atoms with Gasteiger partial charge in [-0.15, -0.1) is 24.0 Å². The van der Waals surface area contributed by atoms with Gasteiger partial charge in [0, 0.05) is 11.7 Å². The molecule has 1 aromatic rings. The molecule has 2 fully saturated rings. The maximum absolute atomic E-state index is 12.8. The van der Waals surface area contributed by atoms with E-state index in [1.54, 1.807) is 0 Å². The molecule has 4 nitrogen and oxygen atoms in total. The molecule has 0 radical (unpaired) electrons. The zero-order chi connectivity index (χ0) is 19.6. The fraction of sp³-hybridized carbons (Fsp3) is 0.650. The first-order chi connectivity index (χ1) is 12.7. The Kier molecular flexibility index (Phi) is 8.01. The third-order valence-corrected chi connectivity index (χ3v) is 5.74. The van der Waals surface area contributed by atoms with Crippen molar-refractivity contribution >= 4 is 35.6 Å². The summed E-state index contributed by atoms with van der Waals surface area (Å²) in [6, 6.07) is 8.60. The second-order valence-electron chi connectivity index (χ2n) is 8.05. The molecule has 1 saturated heterocycles. The molecule has 1 saturated carbocycles. The van der Waals surface area contributed by atoms with Gasteiger partial charge in [-0.25, -0.2) is 4.99 Å². The van der Waals surface area contributed by atoms with Crippen molar-refractivity contribution in [3.8, 4) is 0 Å². The number of hydrogen-bond acceptors (Lipinski definition) is 2. The Bertz CT molecular complexity index is 664. The first-order valence-electron chi connectivity index (χ1n) is 9.73. The fourth-order valence-electron chi connectivity index (χ4n) is 3.91. The van der Waals surface area contributed by atoms with Crippen LogP contribution in [0.15, 0.2) is 29.3 Å². The summed E-state index contributed by atoms with van der Waals surface area (Å²) >= 11 is 0. The minimum Gasteiger partial charge on any atom is -0.370 e. The normalized spacial score (nSPS) is 24.6. The van der Waals surface area contributed by atoms with Gasteiger partial charge in [-0.3, -0.25) is 0 Å². The molecule has 28 heavy (non-hydrogen) atoms. The van der Waals surface area contributed by atoms with E-state index in [1.165, 1.54) is 5.56 Å². The van der Waals surface area contributed by atoms with E-state index in [1.807, 2.05) is 12.1 Å². The highest BCUT2D eigenvalue weighted by atomic mass is 127. The van der Waals surface area contributed by atoms with E-state index in [-0.39, 0.29) is 42.9 Å². The number of nitrogens with one attached hydrogen (secondary N) is 1. The molecule has 0 amide bonds. The minimum absolute atomic E-state index is 0. The van der Waals surface area contributed by atoms with Crippen LogP contribution in [0.2, 0.25) is 0 Å². The summed E-state index contributed by atoms with van der Waals surface area (Å²) in [5.74, 6) is -0.294. The molecule has 0 spiro atoms. The first kappa shape index (κ1) is 23.3. The van der Waals surface area contributed by atoms with Gasteiger partial charge < -0.3 is 16.0 Å². The lowest BCUT2D eigenvalue weighted by molar-refractivity contribution is -0.187. The van der Waals surface area contributed by atoms with Crippen molar-refractivity contribution in [2.45, 2.75) is 63.7 Å². The summed E-state index contributed by atoms with van der Waals surface area (Å²) < 4.78 is 38.3. The second-order valence-corrected chi connectivity index (χ2v) is 8.05. The van der Waals surface area contributed by atoms with Crippen LogP contribution in [-0.4, -0.2) is 42.2 Å². The molecule has 1 heterocycles. The molecule has 2 aliphatic rings. The average Bonchev–Trinajstić information content (AvgIpc) is 2.57. The van der Waals surface area contributed by atoms with Crippen molar-refractivity contribution in [2.24, 2.45) is 16.6 Å². The van der Waals surface area contributed by atoms with Crippen molar-refractivity contribution in [2.75, 3.05) is 18.4 Å². The number of anilines is 1. The van der Waals surface area contributed by atoms with E-state index in [2.05, 4.69) is 41.2 Å². The van der Waals surface area contributed by atoms with E-state index in [0.29, 0.717) is 31.0 Å². The number of nitrogens with two attached hydrogens (primary N) is 1. The number of alkyl halides is 3. The molecule has 0 unspecified atom stereocenters. The summed E-state index contributed by atoms with van der Waals surface area (Å²) in [5, 5.41) is 3.14. The Morgan fingerprint density at radius 1 is 1.21 bits per heavy atom. The molecule has 1 aromatic carbocycles. The molecule has 1 aliphatic carbocycles. The maximum Gasteiger partial charge on any atom is 0.391 e. The standard InChI is InChI=1S/C20H29F3N4.HI/c1-13(2)14-4-3-5-16(10-14)25-19(24)26-17-11-18(12-17)27-8-6-15(7-9-27)20(21,22)23;/h3-5,10,13,15,17-18H,6-9,11-12H2,1-2H3,(H3,24,25,26);1H. The summed E-state index contributed by atoms with van der Waals surface area (Å²) in [5.41, 5.74) is 8.19. The predicted molar refractivity (Wildman–Crippen MR) is 118 cm³/mol. The van der Waals surface area contributed by atoms with Gasteiger partial charge in [0.15, 0.2) is 5.96 Å². The van der Waals surface area contributed by atoms with Gasteiger partial charge in [-0.05, 0) is 62.4 Å². The van der Waals surface area contributed by atoms with E-state index in [4.69, 9.17) is 5.73 Å². The highest BCUT2D eigenvalue weighted by Gasteiger charge is 2.43. The summed E-state index contributed by atoms with van der Waals surface area (Å²) in [4.78, 5) is 6.71. The van der Waals surface area contributed by atoms with E-state index in [0.717, 1.165) is 18.5 Å². The van der Waals surface area contributed by atoms with Crippen molar-refractivity contribution in [1.82, 2.24) is 4.90 Å². The number of nitrogens with zero attached hydrogens (tertiary/aromatic N) is 2. The molecular weight excluding hydrogens is 480 g/mol. The SMILES string of the molecule is CC(C)c1cccc(NC(N)=NC2CC(N3CCC(C(F)(F)F)CC3)C2)c1.I. The summed E-state index contributed by atoms with van der Waals surface area (Å²) in [7, 11) is 0. The largest absolute Gasteiger partial charge is 0.391 e. The quantitative estimate of drug-likeness (QED) is 0.342. The molecule has 0 aromatic heterocycles. The topological polar surface area (TPSA) is 53.6 Å². The Morgan fingerprint density at radius 3 is 2.43 bits per heavy atom. The van der Waals surface area contributed by atoms with Crippen molar-refractivity contribution < 1.29 is 13.2 Å². The van der Waals surface area contributed by atoms with Crippen molar-refractivity contribution in [1.29, 1.82) is 0 Å². The average molecular weight is 510 g/mol. The predicted octanol–water partition coefficient (Wildman–Crippen LogP) is 4.96. The third-order valence-electron chi connectivity index (χ3n) is 5.74. The van der Waals surface area contributed by atoms with Crippen LogP contribution in [0.5, 0.6) is 0 Å². The third kappa shape index (κ3) is 5.98. The smallest absolute Gasteiger partial charge is 0.370 e. The van der Waals surface area contributed by atoms with Gasteiger partial charge in [0.1, 0.15) is 0 Å². The number of rotatable bonds is 4. The molecule has 158 valence electrons. The van der Waals surface area contributed by atoms with Gasteiger partial charge in [0.05, 0.1) is 12.0 Å².